The summed E-state index contributed by atoms with van der Waals surface area (Å²) in [5.74, 6) is 1.85. The quantitative estimate of drug-likeness (QED) is 0.551. The van der Waals surface area contributed by atoms with E-state index in [9.17, 15) is 0 Å². The van der Waals surface area contributed by atoms with Crippen molar-refractivity contribution in [1.82, 2.24) is 0 Å². The SMILES string of the molecule is C1=COC2CCC3CCCC3C2=C1. The zero-order valence-electron chi connectivity index (χ0n) is 7.91. The highest BCUT2D eigenvalue weighted by atomic mass is 16.5. The summed E-state index contributed by atoms with van der Waals surface area (Å²) in [7, 11) is 0. The van der Waals surface area contributed by atoms with E-state index in [4.69, 9.17) is 4.74 Å². The standard InChI is InChI=1S/C12H16O/c1-3-9-6-7-12-11(10(9)4-1)5-2-8-13-12/h2,5,8-10,12H,1,3-4,6-7H2. The van der Waals surface area contributed by atoms with Gasteiger partial charge in [-0.05, 0) is 49.2 Å². The highest BCUT2D eigenvalue weighted by molar-refractivity contribution is 5.25. The van der Waals surface area contributed by atoms with Gasteiger partial charge in [0.1, 0.15) is 6.10 Å². The Morgan fingerprint density at radius 1 is 1.15 bits per heavy atom. The summed E-state index contributed by atoms with van der Waals surface area (Å²) >= 11 is 0. The Morgan fingerprint density at radius 2 is 2.15 bits per heavy atom. The molecular weight excluding hydrogens is 160 g/mol. The van der Waals surface area contributed by atoms with Crippen molar-refractivity contribution in [3.63, 3.8) is 0 Å². The first kappa shape index (κ1) is 7.66. The molecule has 1 heteroatoms. The third kappa shape index (κ3) is 1.13. The van der Waals surface area contributed by atoms with Crippen LogP contribution in [0.3, 0.4) is 0 Å². The number of rotatable bonds is 0. The first-order valence-electron chi connectivity index (χ1n) is 5.47. The van der Waals surface area contributed by atoms with Gasteiger partial charge in [0.05, 0.1) is 6.26 Å². The molecule has 3 rings (SSSR count). The molecule has 1 nitrogen and oxygen atoms in total. The van der Waals surface area contributed by atoms with Crippen molar-refractivity contribution in [2.45, 2.75) is 38.2 Å². The third-order valence-corrected chi connectivity index (χ3v) is 3.87. The predicted molar refractivity (Wildman–Crippen MR) is 52.2 cm³/mol. The van der Waals surface area contributed by atoms with E-state index in [1.165, 1.54) is 32.1 Å². The fraction of sp³-hybridized carbons (Fsp3) is 0.667. The summed E-state index contributed by atoms with van der Waals surface area (Å²) in [6.07, 6.45) is 13.6. The number of hydrogen-bond donors (Lipinski definition) is 0. The third-order valence-electron chi connectivity index (χ3n) is 3.87. The Kier molecular flexibility index (Phi) is 1.71. The van der Waals surface area contributed by atoms with Crippen LogP contribution in [0, 0.1) is 11.8 Å². The van der Waals surface area contributed by atoms with Gasteiger partial charge in [-0.1, -0.05) is 12.5 Å². The van der Waals surface area contributed by atoms with Crippen LogP contribution in [0.1, 0.15) is 32.1 Å². The van der Waals surface area contributed by atoms with Gasteiger partial charge in [-0.2, -0.15) is 0 Å². The molecule has 1 heterocycles. The molecular formula is C12H16O. The van der Waals surface area contributed by atoms with Gasteiger partial charge < -0.3 is 4.74 Å². The molecule has 2 fully saturated rings. The molecule has 2 aliphatic carbocycles. The van der Waals surface area contributed by atoms with Gasteiger partial charge in [0.2, 0.25) is 0 Å². The molecule has 3 unspecified atom stereocenters. The lowest BCUT2D eigenvalue weighted by Crippen LogP contribution is -2.29. The van der Waals surface area contributed by atoms with Crippen LogP contribution >= 0.6 is 0 Å². The minimum absolute atomic E-state index is 0.435. The van der Waals surface area contributed by atoms with Crippen molar-refractivity contribution >= 4 is 0 Å². The Hall–Kier alpha value is -0.720. The van der Waals surface area contributed by atoms with Crippen LogP contribution in [0.5, 0.6) is 0 Å². The average Bonchev–Trinajstić information content (AvgIpc) is 2.65. The van der Waals surface area contributed by atoms with Gasteiger partial charge >= 0.3 is 0 Å². The smallest absolute Gasteiger partial charge is 0.119 e. The first-order chi connectivity index (χ1) is 6.45. The summed E-state index contributed by atoms with van der Waals surface area (Å²) in [5, 5.41) is 0. The Morgan fingerprint density at radius 3 is 3.15 bits per heavy atom. The fourth-order valence-electron chi connectivity index (χ4n) is 3.26. The second kappa shape index (κ2) is 2.90. The Balaban J connectivity index is 1.91. The first-order valence-corrected chi connectivity index (χ1v) is 5.47. The molecule has 3 aliphatic rings. The van der Waals surface area contributed by atoms with Gasteiger partial charge in [0, 0.05) is 0 Å². The lowest BCUT2D eigenvalue weighted by atomic mass is 9.76. The van der Waals surface area contributed by atoms with E-state index in [0.717, 1.165) is 11.8 Å². The Bertz CT molecular complexity index is 264. The van der Waals surface area contributed by atoms with E-state index in [-0.39, 0.29) is 0 Å². The van der Waals surface area contributed by atoms with Crippen LogP contribution in [0.25, 0.3) is 0 Å². The number of hydrogen-bond acceptors (Lipinski definition) is 1. The van der Waals surface area contributed by atoms with Crippen LogP contribution in [0.2, 0.25) is 0 Å². The van der Waals surface area contributed by atoms with E-state index in [2.05, 4.69) is 12.2 Å². The molecule has 0 aromatic carbocycles. The van der Waals surface area contributed by atoms with Crippen LogP contribution in [0.4, 0.5) is 0 Å². The molecule has 3 atom stereocenters. The minimum Gasteiger partial charge on any atom is -0.494 e. The van der Waals surface area contributed by atoms with E-state index in [1.807, 2.05) is 6.26 Å². The van der Waals surface area contributed by atoms with E-state index < -0.39 is 0 Å². The van der Waals surface area contributed by atoms with Gasteiger partial charge in [-0.15, -0.1) is 0 Å². The monoisotopic (exact) mass is 176 g/mol. The van der Waals surface area contributed by atoms with Crippen LogP contribution < -0.4 is 0 Å². The van der Waals surface area contributed by atoms with Gasteiger partial charge in [0.15, 0.2) is 0 Å². The topological polar surface area (TPSA) is 9.23 Å². The second-order valence-electron chi connectivity index (χ2n) is 4.49. The zero-order valence-corrected chi connectivity index (χ0v) is 7.91. The lowest BCUT2D eigenvalue weighted by molar-refractivity contribution is 0.114. The fourth-order valence-corrected chi connectivity index (χ4v) is 3.26. The van der Waals surface area contributed by atoms with Crippen molar-refractivity contribution in [2.24, 2.45) is 11.8 Å². The van der Waals surface area contributed by atoms with Gasteiger partial charge in [-0.25, -0.2) is 0 Å². The summed E-state index contributed by atoms with van der Waals surface area (Å²) in [4.78, 5) is 0. The van der Waals surface area contributed by atoms with Crippen LogP contribution in [-0.4, -0.2) is 6.10 Å². The summed E-state index contributed by atoms with van der Waals surface area (Å²) < 4.78 is 5.64. The molecule has 0 aromatic heterocycles. The minimum atomic E-state index is 0.435. The average molecular weight is 176 g/mol. The second-order valence-corrected chi connectivity index (χ2v) is 4.49. The molecule has 2 saturated carbocycles. The molecule has 1 aliphatic heterocycles. The van der Waals surface area contributed by atoms with Gasteiger partial charge in [0.25, 0.3) is 0 Å². The van der Waals surface area contributed by atoms with Gasteiger partial charge in [-0.3, -0.25) is 0 Å². The molecule has 0 N–H and O–H groups in total. The number of allylic oxidation sites excluding steroid dienone is 2. The molecule has 0 saturated heterocycles. The summed E-state index contributed by atoms with van der Waals surface area (Å²) in [5.41, 5.74) is 1.59. The maximum absolute atomic E-state index is 5.64. The zero-order chi connectivity index (χ0) is 8.67. The van der Waals surface area contributed by atoms with Crippen molar-refractivity contribution in [2.75, 3.05) is 0 Å². The number of fused-ring (bicyclic) bond motifs is 3. The maximum atomic E-state index is 5.64. The molecule has 70 valence electrons. The highest BCUT2D eigenvalue weighted by Gasteiger charge is 2.38. The molecule has 0 amide bonds. The van der Waals surface area contributed by atoms with Crippen molar-refractivity contribution < 1.29 is 4.74 Å². The Labute approximate surface area is 79.5 Å². The van der Waals surface area contributed by atoms with E-state index in [1.54, 1.807) is 5.57 Å². The molecule has 0 aromatic rings. The van der Waals surface area contributed by atoms with Crippen molar-refractivity contribution in [3.8, 4) is 0 Å². The highest BCUT2D eigenvalue weighted by Crippen LogP contribution is 2.46. The van der Waals surface area contributed by atoms with Crippen LogP contribution in [0.15, 0.2) is 24.0 Å². The van der Waals surface area contributed by atoms with Crippen molar-refractivity contribution in [3.05, 3.63) is 24.0 Å². The lowest BCUT2D eigenvalue weighted by Gasteiger charge is -2.35. The summed E-state index contributed by atoms with van der Waals surface area (Å²) in [6, 6.07) is 0. The van der Waals surface area contributed by atoms with Crippen molar-refractivity contribution in [1.29, 1.82) is 0 Å². The predicted octanol–water partition coefficient (Wildman–Crippen LogP) is 3.04. The molecule has 0 spiro atoms. The number of ether oxygens (including phenoxy) is 1. The van der Waals surface area contributed by atoms with Crippen LogP contribution in [-0.2, 0) is 4.74 Å². The normalized spacial score (nSPS) is 41.8. The van der Waals surface area contributed by atoms with E-state index in [0.29, 0.717) is 6.10 Å². The maximum Gasteiger partial charge on any atom is 0.119 e. The summed E-state index contributed by atoms with van der Waals surface area (Å²) in [6.45, 7) is 0. The largest absolute Gasteiger partial charge is 0.494 e. The molecule has 13 heavy (non-hydrogen) atoms. The van der Waals surface area contributed by atoms with E-state index >= 15 is 0 Å². The molecule has 0 bridgehead atoms. The molecule has 0 radical (unpaired) electrons.